The van der Waals surface area contributed by atoms with E-state index in [9.17, 15) is 9.59 Å². The lowest BCUT2D eigenvalue weighted by Gasteiger charge is -2.00. The van der Waals surface area contributed by atoms with Crippen LogP contribution >= 0.6 is 0 Å². The van der Waals surface area contributed by atoms with E-state index in [0.717, 1.165) is 5.56 Å². The molecule has 0 fully saturated rings. The molecule has 2 rings (SSSR count). The number of Topliss-reactive ketones (excluding diaryl/α,β-unsaturated/α-hetero) is 1. The highest BCUT2D eigenvalue weighted by molar-refractivity contribution is 5.97. The largest absolute Gasteiger partial charge is 0.462 e. The third-order valence-electron chi connectivity index (χ3n) is 3.08. The number of carbonyl (C=O) groups excluding carboxylic acids is 2. The van der Waals surface area contributed by atoms with E-state index in [2.05, 4.69) is 0 Å². The van der Waals surface area contributed by atoms with Crippen molar-refractivity contribution in [2.24, 2.45) is 0 Å². The molecular formula is C18H15NO4. The van der Waals surface area contributed by atoms with Gasteiger partial charge in [0.05, 0.1) is 6.61 Å². The van der Waals surface area contributed by atoms with Gasteiger partial charge in [0.25, 0.3) is 0 Å². The van der Waals surface area contributed by atoms with Crippen LogP contribution in [0.5, 0.6) is 0 Å². The number of ketones is 1. The Hall–Kier alpha value is -3.13. The van der Waals surface area contributed by atoms with E-state index in [1.54, 1.807) is 43.3 Å². The van der Waals surface area contributed by atoms with Crippen LogP contribution in [0.2, 0.25) is 0 Å². The van der Waals surface area contributed by atoms with Gasteiger partial charge in [-0.25, -0.2) is 4.79 Å². The minimum absolute atomic E-state index is 0.0346. The van der Waals surface area contributed by atoms with Gasteiger partial charge in [-0.2, -0.15) is 5.26 Å². The van der Waals surface area contributed by atoms with E-state index in [0.29, 0.717) is 17.1 Å². The van der Waals surface area contributed by atoms with Gasteiger partial charge in [0.1, 0.15) is 23.2 Å². The van der Waals surface area contributed by atoms with Crippen molar-refractivity contribution in [3.8, 4) is 17.4 Å². The lowest BCUT2D eigenvalue weighted by Crippen LogP contribution is -2.05. The van der Waals surface area contributed by atoms with Crippen LogP contribution < -0.4 is 0 Å². The van der Waals surface area contributed by atoms with Crippen molar-refractivity contribution in [3.63, 3.8) is 0 Å². The van der Waals surface area contributed by atoms with Gasteiger partial charge < -0.3 is 9.15 Å². The Kier molecular flexibility index (Phi) is 5.11. The molecule has 5 nitrogen and oxygen atoms in total. The zero-order valence-electron chi connectivity index (χ0n) is 12.8. The minimum Gasteiger partial charge on any atom is -0.462 e. The third kappa shape index (κ3) is 3.95. The fourth-order valence-corrected chi connectivity index (χ4v) is 1.96. The van der Waals surface area contributed by atoms with Crippen LogP contribution in [0.1, 0.15) is 30.0 Å². The number of ether oxygens (including phenoxy) is 1. The quantitative estimate of drug-likeness (QED) is 0.365. The second kappa shape index (κ2) is 7.23. The monoisotopic (exact) mass is 309 g/mol. The summed E-state index contributed by atoms with van der Waals surface area (Å²) in [6, 6.07) is 12.2. The van der Waals surface area contributed by atoms with Crippen LogP contribution in [0.3, 0.4) is 0 Å². The molecule has 0 saturated heterocycles. The maximum Gasteiger partial charge on any atom is 0.349 e. The summed E-state index contributed by atoms with van der Waals surface area (Å²) in [6.45, 7) is 3.35. The molecule has 0 unspecified atom stereocenters. The molecule has 0 radical (unpaired) electrons. The highest BCUT2D eigenvalue weighted by atomic mass is 16.5. The second-order valence-corrected chi connectivity index (χ2v) is 4.73. The van der Waals surface area contributed by atoms with Crippen LogP contribution in [-0.2, 0) is 9.53 Å². The van der Waals surface area contributed by atoms with Gasteiger partial charge in [-0.05, 0) is 32.0 Å². The molecule has 0 amide bonds. The molecule has 1 aromatic heterocycles. The second-order valence-electron chi connectivity index (χ2n) is 4.73. The van der Waals surface area contributed by atoms with Crippen molar-refractivity contribution in [1.29, 1.82) is 5.26 Å². The molecule has 0 N–H and O–H groups in total. The zero-order chi connectivity index (χ0) is 16.8. The molecule has 1 heterocycles. The molecule has 0 saturated carbocycles. The maximum absolute atomic E-state index is 11.6. The Morgan fingerprint density at radius 1 is 1.30 bits per heavy atom. The lowest BCUT2D eigenvalue weighted by atomic mass is 10.1. The average Bonchev–Trinajstić information content (AvgIpc) is 3.01. The SMILES string of the molecule is CCOC(=O)/C(C#N)=C/c1ccc(-c2cccc(C(C)=O)c2)o1. The Bertz CT molecular complexity index is 808. The first-order chi connectivity index (χ1) is 11.0. The third-order valence-corrected chi connectivity index (χ3v) is 3.08. The summed E-state index contributed by atoms with van der Waals surface area (Å²) in [6.07, 6.45) is 1.33. The van der Waals surface area contributed by atoms with Crippen molar-refractivity contribution in [2.75, 3.05) is 6.61 Å². The van der Waals surface area contributed by atoms with Crippen LogP contribution in [0.15, 0.2) is 46.4 Å². The van der Waals surface area contributed by atoms with Crippen LogP contribution in [-0.4, -0.2) is 18.4 Å². The van der Waals surface area contributed by atoms with Crippen molar-refractivity contribution < 1.29 is 18.7 Å². The van der Waals surface area contributed by atoms with E-state index in [4.69, 9.17) is 14.4 Å². The van der Waals surface area contributed by atoms with Crippen LogP contribution in [0.4, 0.5) is 0 Å². The highest BCUT2D eigenvalue weighted by Gasteiger charge is 2.12. The maximum atomic E-state index is 11.6. The van der Waals surface area contributed by atoms with E-state index >= 15 is 0 Å². The summed E-state index contributed by atoms with van der Waals surface area (Å²) < 4.78 is 10.4. The molecule has 23 heavy (non-hydrogen) atoms. The highest BCUT2D eigenvalue weighted by Crippen LogP contribution is 2.24. The van der Waals surface area contributed by atoms with Gasteiger partial charge in [0, 0.05) is 17.2 Å². The molecule has 1 aromatic carbocycles. The smallest absolute Gasteiger partial charge is 0.349 e. The molecule has 0 aliphatic rings. The molecule has 0 spiro atoms. The number of carbonyl (C=O) groups is 2. The van der Waals surface area contributed by atoms with Crippen LogP contribution in [0.25, 0.3) is 17.4 Å². The summed E-state index contributed by atoms with van der Waals surface area (Å²) in [5.41, 5.74) is 1.19. The Labute approximate surface area is 133 Å². The number of hydrogen-bond acceptors (Lipinski definition) is 5. The predicted octanol–water partition coefficient (Wildman–Crippen LogP) is 3.62. The fourth-order valence-electron chi connectivity index (χ4n) is 1.96. The first kappa shape index (κ1) is 16.2. The van der Waals surface area contributed by atoms with Crippen molar-refractivity contribution in [1.82, 2.24) is 0 Å². The minimum atomic E-state index is -0.688. The first-order valence-corrected chi connectivity index (χ1v) is 7.05. The van der Waals surface area contributed by atoms with E-state index < -0.39 is 5.97 Å². The normalized spacial score (nSPS) is 10.9. The Morgan fingerprint density at radius 2 is 2.09 bits per heavy atom. The fraction of sp³-hybridized carbons (Fsp3) is 0.167. The molecule has 5 heteroatoms. The molecule has 2 aromatic rings. The number of rotatable bonds is 5. The molecular weight excluding hydrogens is 294 g/mol. The summed E-state index contributed by atoms with van der Waals surface area (Å²) >= 11 is 0. The van der Waals surface area contributed by atoms with Crippen molar-refractivity contribution in [3.05, 3.63) is 53.3 Å². The molecule has 0 aliphatic heterocycles. The van der Waals surface area contributed by atoms with Gasteiger partial charge in [-0.1, -0.05) is 18.2 Å². The molecule has 0 atom stereocenters. The zero-order valence-corrected chi connectivity index (χ0v) is 12.8. The first-order valence-electron chi connectivity index (χ1n) is 7.05. The van der Waals surface area contributed by atoms with Gasteiger partial charge in [-0.15, -0.1) is 0 Å². The number of hydrogen-bond donors (Lipinski definition) is 0. The van der Waals surface area contributed by atoms with Gasteiger partial charge >= 0.3 is 5.97 Å². The number of nitriles is 1. The van der Waals surface area contributed by atoms with Crippen molar-refractivity contribution >= 4 is 17.8 Å². The van der Waals surface area contributed by atoms with Crippen molar-refractivity contribution in [2.45, 2.75) is 13.8 Å². The van der Waals surface area contributed by atoms with Gasteiger partial charge in [0.2, 0.25) is 0 Å². The Balaban J connectivity index is 2.30. The topological polar surface area (TPSA) is 80.3 Å². The predicted molar refractivity (Wildman–Crippen MR) is 84.4 cm³/mol. The van der Waals surface area contributed by atoms with E-state index in [-0.39, 0.29) is 18.0 Å². The van der Waals surface area contributed by atoms with E-state index in [1.165, 1.54) is 13.0 Å². The van der Waals surface area contributed by atoms with Crippen LogP contribution in [0, 0.1) is 11.3 Å². The summed E-state index contributed by atoms with van der Waals surface area (Å²) in [5.74, 6) is 0.178. The summed E-state index contributed by atoms with van der Waals surface area (Å²) in [5, 5.41) is 9.01. The standard InChI is InChI=1S/C18H15NO4/c1-3-22-18(21)15(11-19)10-16-7-8-17(23-16)14-6-4-5-13(9-14)12(2)20/h4-10H,3H2,1-2H3/b15-10+. The summed E-state index contributed by atoms with van der Waals surface area (Å²) in [7, 11) is 0. The molecule has 0 aliphatic carbocycles. The van der Waals surface area contributed by atoms with E-state index in [1.807, 2.05) is 6.07 Å². The lowest BCUT2D eigenvalue weighted by molar-refractivity contribution is -0.137. The number of benzene rings is 1. The number of nitrogens with zero attached hydrogens (tertiary/aromatic N) is 1. The molecule has 116 valence electrons. The van der Waals surface area contributed by atoms with Gasteiger partial charge in [-0.3, -0.25) is 4.79 Å². The Morgan fingerprint density at radius 3 is 2.74 bits per heavy atom. The number of furan rings is 1. The number of esters is 1. The molecule has 0 bridgehead atoms. The average molecular weight is 309 g/mol. The van der Waals surface area contributed by atoms with Gasteiger partial charge in [0.15, 0.2) is 5.78 Å². The summed E-state index contributed by atoms with van der Waals surface area (Å²) in [4.78, 5) is 23.0.